The second kappa shape index (κ2) is 5.27. The molecule has 0 aliphatic heterocycles. The highest BCUT2D eigenvalue weighted by Crippen LogP contribution is 2.44. The Kier molecular flexibility index (Phi) is 4.00. The fraction of sp³-hybridized carbons (Fsp3) is 0.846. The lowest BCUT2D eigenvalue weighted by Gasteiger charge is -2.42. The van der Waals surface area contributed by atoms with Crippen LogP contribution < -0.4 is 11.1 Å². The number of nitrogens with two attached hydrogens (primary N) is 1. The van der Waals surface area contributed by atoms with Gasteiger partial charge in [0.2, 0.25) is 5.91 Å². The normalized spacial score (nSPS) is 29.4. The van der Waals surface area contributed by atoms with Gasteiger partial charge < -0.3 is 16.2 Å². The van der Waals surface area contributed by atoms with Crippen LogP contribution in [-0.4, -0.2) is 34.5 Å². The fourth-order valence-corrected chi connectivity index (χ4v) is 2.89. The van der Waals surface area contributed by atoms with Crippen LogP contribution in [0, 0.1) is 5.92 Å². The highest BCUT2D eigenvalue weighted by atomic mass is 19.3. The number of carbonyl (C=O) groups excluding carboxylic acids is 2. The maximum Gasteiger partial charge on any atom is 0.352 e. The van der Waals surface area contributed by atoms with E-state index < -0.39 is 29.4 Å². The van der Waals surface area contributed by atoms with E-state index >= 15 is 0 Å². The van der Waals surface area contributed by atoms with Crippen LogP contribution in [0.3, 0.4) is 0 Å². The molecular formula is C13H20F2N2O3. The molecule has 2 amide bonds. The molecule has 0 bridgehead atoms. The van der Waals surface area contributed by atoms with Gasteiger partial charge in [0.1, 0.15) is 5.60 Å². The Labute approximate surface area is 115 Å². The number of carbonyl (C=O) groups is 2. The van der Waals surface area contributed by atoms with Crippen LogP contribution in [0.5, 0.6) is 0 Å². The van der Waals surface area contributed by atoms with Crippen LogP contribution in [0.2, 0.25) is 0 Å². The molecule has 0 aromatic heterocycles. The van der Waals surface area contributed by atoms with Gasteiger partial charge in [-0.2, -0.15) is 8.78 Å². The minimum Gasteiger partial charge on any atom is -0.383 e. The number of aliphatic hydroxyl groups is 1. The van der Waals surface area contributed by atoms with Crippen LogP contribution in [0.1, 0.15) is 44.9 Å². The van der Waals surface area contributed by atoms with Gasteiger partial charge in [-0.1, -0.05) is 6.42 Å². The van der Waals surface area contributed by atoms with Gasteiger partial charge in [0.05, 0.1) is 0 Å². The number of halogens is 2. The van der Waals surface area contributed by atoms with E-state index in [2.05, 4.69) is 5.32 Å². The number of hydrogen-bond acceptors (Lipinski definition) is 3. The number of rotatable bonds is 4. The summed E-state index contributed by atoms with van der Waals surface area (Å²) in [6, 6.07) is -0.483. The number of alkyl halides is 2. The topological polar surface area (TPSA) is 92.4 Å². The molecule has 2 atom stereocenters. The predicted octanol–water partition coefficient (Wildman–Crippen LogP) is 0.697. The maximum atomic E-state index is 13.9. The zero-order valence-corrected chi connectivity index (χ0v) is 11.2. The lowest BCUT2D eigenvalue weighted by molar-refractivity contribution is -0.216. The van der Waals surface area contributed by atoms with Crippen LogP contribution >= 0.6 is 0 Å². The summed E-state index contributed by atoms with van der Waals surface area (Å²) < 4.78 is 27.8. The quantitative estimate of drug-likeness (QED) is 0.711. The Morgan fingerprint density at radius 2 is 1.90 bits per heavy atom. The van der Waals surface area contributed by atoms with E-state index in [1.807, 2.05) is 0 Å². The first-order valence-electron chi connectivity index (χ1n) is 6.97. The van der Waals surface area contributed by atoms with Crippen molar-refractivity contribution in [2.24, 2.45) is 11.7 Å². The summed E-state index contributed by atoms with van der Waals surface area (Å²) >= 11 is 0. The van der Waals surface area contributed by atoms with Crippen molar-refractivity contribution in [3.63, 3.8) is 0 Å². The molecule has 0 heterocycles. The molecule has 0 saturated heterocycles. The number of amides is 2. The van der Waals surface area contributed by atoms with E-state index in [9.17, 15) is 23.5 Å². The zero-order valence-electron chi connectivity index (χ0n) is 11.2. The van der Waals surface area contributed by atoms with Crippen molar-refractivity contribution < 1.29 is 23.5 Å². The number of primary amides is 1. The van der Waals surface area contributed by atoms with Crippen molar-refractivity contribution in [3.05, 3.63) is 0 Å². The highest BCUT2D eigenvalue weighted by molar-refractivity contribution is 5.85. The average Bonchev–Trinajstić information content (AvgIpc) is 2.35. The van der Waals surface area contributed by atoms with Crippen molar-refractivity contribution >= 4 is 11.8 Å². The van der Waals surface area contributed by atoms with Gasteiger partial charge in [-0.25, -0.2) is 0 Å². The largest absolute Gasteiger partial charge is 0.383 e. The Bertz CT molecular complexity index is 410. The minimum atomic E-state index is -3.79. The van der Waals surface area contributed by atoms with E-state index in [0.29, 0.717) is 25.7 Å². The maximum absolute atomic E-state index is 13.9. The molecule has 2 unspecified atom stereocenters. The van der Waals surface area contributed by atoms with Crippen molar-refractivity contribution in [2.45, 2.75) is 62.5 Å². The van der Waals surface area contributed by atoms with Crippen molar-refractivity contribution in [3.8, 4) is 0 Å². The average molecular weight is 290 g/mol. The Morgan fingerprint density at radius 1 is 1.25 bits per heavy atom. The zero-order chi connectivity index (χ0) is 15.0. The molecule has 2 aliphatic rings. The summed E-state index contributed by atoms with van der Waals surface area (Å²) in [6.07, 6.45) is 2.48. The van der Waals surface area contributed by atoms with Gasteiger partial charge in [0.15, 0.2) is 0 Å². The van der Waals surface area contributed by atoms with Gasteiger partial charge >= 0.3 is 5.92 Å². The van der Waals surface area contributed by atoms with Gasteiger partial charge in [-0.15, -0.1) is 0 Å². The number of nitrogens with one attached hydrogen (secondary N) is 1. The van der Waals surface area contributed by atoms with Crippen LogP contribution in [0.15, 0.2) is 0 Å². The Balaban J connectivity index is 1.95. The molecule has 2 saturated carbocycles. The Morgan fingerprint density at radius 3 is 2.40 bits per heavy atom. The minimum absolute atomic E-state index is 0.0675. The predicted molar refractivity (Wildman–Crippen MR) is 66.8 cm³/mol. The van der Waals surface area contributed by atoms with Crippen molar-refractivity contribution in [1.82, 2.24) is 5.32 Å². The summed E-state index contributed by atoms with van der Waals surface area (Å²) in [5, 5.41) is 12.0. The molecule has 2 aliphatic carbocycles. The lowest BCUT2D eigenvalue weighted by atomic mass is 9.75. The standard InChI is InChI=1S/C13H20F2N2O3/c14-13(15,12(20)5-2-6-12)11(19)17-9-4-1-3-8(7-9)10(16)18/h8-9,20H,1-7H2,(H2,16,18)(H,17,19). The van der Waals surface area contributed by atoms with E-state index in [-0.39, 0.29) is 25.2 Å². The molecule has 0 aromatic carbocycles. The smallest absolute Gasteiger partial charge is 0.352 e. The van der Waals surface area contributed by atoms with Gasteiger partial charge in [-0.05, 0) is 38.5 Å². The molecule has 0 spiro atoms. The summed E-state index contributed by atoms with van der Waals surface area (Å²) in [7, 11) is 0. The summed E-state index contributed by atoms with van der Waals surface area (Å²) in [5.41, 5.74) is 2.99. The van der Waals surface area contributed by atoms with E-state index in [0.717, 1.165) is 0 Å². The number of hydrogen-bond donors (Lipinski definition) is 3. The first kappa shape index (κ1) is 15.2. The third kappa shape index (κ3) is 2.63. The first-order valence-corrected chi connectivity index (χ1v) is 6.97. The molecule has 2 rings (SSSR count). The molecule has 114 valence electrons. The van der Waals surface area contributed by atoms with Gasteiger partial charge in [-0.3, -0.25) is 9.59 Å². The summed E-state index contributed by atoms with van der Waals surface area (Å²) in [5.74, 6) is -6.08. The molecule has 7 heteroatoms. The first-order chi connectivity index (χ1) is 9.26. The van der Waals surface area contributed by atoms with E-state index in [4.69, 9.17) is 5.73 Å². The van der Waals surface area contributed by atoms with Gasteiger partial charge in [0, 0.05) is 12.0 Å². The second-order valence-electron chi connectivity index (χ2n) is 5.90. The van der Waals surface area contributed by atoms with E-state index in [1.165, 1.54) is 0 Å². The summed E-state index contributed by atoms with van der Waals surface area (Å²) in [6.45, 7) is 0. The molecule has 0 radical (unpaired) electrons. The van der Waals surface area contributed by atoms with Crippen LogP contribution in [-0.2, 0) is 9.59 Å². The third-order valence-electron chi connectivity index (χ3n) is 4.46. The molecular weight excluding hydrogens is 270 g/mol. The highest BCUT2D eigenvalue weighted by Gasteiger charge is 2.61. The monoisotopic (exact) mass is 290 g/mol. The molecule has 2 fully saturated rings. The van der Waals surface area contributed by atoms with Crippen LogP contribution in [0.25, 0.3) is 0 Å². The SMILES string of the molecule is NC(=O)C1CCCC(NC(=O)C(F)(F)C2(O)CCC2)C1. The van der Waals surface area contributed by atoms with E-state index in [1.54, 1.807) is 0 Å². The molecule has 0 aromatic rings. The third-order valence-corrected chi connectivity index (χ3v) is 4.46. The van der Waals surface area contributed by atoms with Crippen LogP contribution in [0.4, 0.5) is 8.78 Å². The van der Waals surface area contributed by atoms with Crippen molar-refractivity contribution in [2.75, 3.05) is 0 Å². The molecule has 4 N–H and O–H groups in total. The second-order valence-corrected chi connectivity index (χ2v) is 5.90. The van der Waals surface area contributed by atoms with Gasteiger partial charge in [0.25, 0.3) is 5.91 Å². The summed E-state index contributed by atoms with van der Waals surface area (Å²) in [4.78, 5) is 22.8. The Hall–Kier alpha value is -1.24. The van der Waals surface area contributed by atoms with Crippen molar-refractivity contribution in [1.29, 1.82) is 0 Å². The molecule has 5 nitrogen and oxygen atoms in total. The fourth-order valence-electron chi connectivity index (χ4n) is 2.89. The lowest BCUT2D eigenvalue weighted by Crippen LogP contribution is -2.62. The molecule has 20 heavy (non-hydrogen) atoms.